The van der Waals surface area contributed by atoms with Gasteiger partial charge in [-0.1, -0.05) is 29.8 Å². The quantitative estimate of drug-likeness (QED) is 0.848. The first-order valence-corrected chi connectivity index (χ1v) is 7.46. The van der Waals surface area contributed by atoms with E-state index < -0.39 is 6.04 Å². The van der Waals surface area contributed by atoms with Crippen molar-refractivity contribution in [2.24, 2.45) is 5.92 Å². The van der Waals surface area contributed by atoms with Gasteiger partial charge < -0.3 is 4.90 Å². The topological polar surface area (TPSA) is 63.9 Å². The van der Waals surface area contributed by atoms with Crippen molar-refractivity contribution < 1.29 is 4.79 Å². The third-order valence-electron chi connectivity index (χ3n) is 3.10. The third-order valence-corrected chi connectivity index (χ3v) is 3.63. The van der Waals surface area contributed by atoms with E-state index in [-0.39, 0.29) is 11.8 Å². The summed E-state index contributed by atoms with van der Waals surface area (Å²) in [6, 6.07) is 7.20. The minimum Gasteiger partial charge on any atom is -0.347 e. The fraction of sp³-hybridized carbons (Fsp3) is 0.429. The molecule has 21 heavy (non-hydrogen) atoms. The van der Waals surface area contributed by atoms with Crippen molar-refractivity contribution in [1.29, 1.82) is 0 Å². The van der Waals surface area contributed by atoms with Crippen LogP contribution in [0.3, 0.4) is 0 Å². The Labute approximate surface area is 132 Å². The number of hydrogen-bond acceptors (Lipinski definition) is 4. The van der Waals surface area contributed by atoms with E-state index in [1.165, 1.54) is 4.80 Å². The van der Waals surface area contributed by atoms with Crippen molar-refractivity contribution in [3.63, 3.8) is 0 Å². The van der Waals surface area contributed by atoms with Crippen LogP contribution in [0.4, 0.5) is 0 Å². The van der Waals surface area contributed by atoms with E-state index in [4.69, 9.17) is 0 Å². The molecule has 2 rings (SSSR count). The van der Waals surface area contributed by atoms with E-state index in [2.05, 4.69) is 31.3 Å². The molecule has 1 unspecified atom stereocenters. The molecular formula is C14H18BrN5O. The molecule has 0 N–H and O–H groups in total. The van der Waals surface area contributed by atoms with Gasteiger partial charge in [-0.05, 0) is 35.4 Å². The summed E-state index contributed by atoms with van der Waals surface area (Å²) in [4.78, 5) is 15.2. The normalized spacial score (nSPS) is 12.5. The lowest BCUT2D eigenvalue weighted by Gasteiger charge is -2.22. The predicted molar refractivity (Wildman–Crippen MR) is 83.5 cm³/mol. The average molecular weight is 352 g/mol. The van der Waals surface area contributed by atoms with Crippen LogP contribution in [0.15, 0.2) is 28.7 Å². The van der Waals surface area contributed by atoms with Crippen molar-refractivity contribution >= 4 is 21.8 Å². The summed E-state index contributed by atoms with van der Waals surface area (Å²) < 4.78 is 0.987. The first-order chi connectivity index (χ1) is 9.90. The molecule has 0 spiro atoms. The van der Waals surface area contributed by atoms with E-state index in [9.17, 15) is 4.79 Å². The fourth-order valence-corrected chi connectivity index (χ4v) is 2.24. The first kappa shape index (κ1) is 15.6. The summed E-state index contributed by atoms with van der Waals surface area (Å²) in [7, 11) is 3.45. The van der Waals surface area contributed by atoms with Crippen LogP contribution in [0, 0.1) is 5.92 Å². The highest BCUT2D eigenvalue weighted by Crippen LogP contribution is 2.21. The van der Waals surface area contributed by atoms with Crippen LogP contribution in [-0.4, -0.2) is 45.1 Å². The Morgan fingerprint density at radius 1 is 1.24 bits per heavy atom. The molecule has 0 aliphatic heterocycles. The number of carbonyl (C=O) groups excluding carboxylic acids is 1. The molecule has 112 valence electrons. The number of aromatic nitrogens is 4. The van der Waals surface area contributed by atoms with Gasteiger partial charge >= 0.3 is 0 Å². The number of halogens is 1. The molecule has 0 fully saturated rings. The van der Waals surface area contributed by atoms with Crippen LogP contribution in [-0.2, 0) is 4.79 Å². The molecule has 1 aromatic heterocycles. The molecule has 0 saturated heterocycles. The fourth-order valence-electron chi connectivity index (χ4n) is 1.97. The van der Waals surface area contributed by atoms with Crippen molar-refractivity contribution in [1.82, 2.24) is 25.1 Å². The molecule has 1 heterocycles. The third kappa shape index (κ3) is 3.47. The zero-order chi connectivity index (χ0) is 15.6. The number of amides is 1. The number of rotatable bonds is 4. The van der Waals surface area contributed by atoms with Crippen LogP contribution in [0.25, 0.3) is 11.4 Å². The standard InChI is InChI=1S/C14H18BrN5O/c1-9(2)12(14(21)19(3)4)20-17-13(16-18-20)10-5-7-11(15)8-6-10/h5-9,12H,1-4H3. The lowest BCUT2D eigenvalue weighted by Crippen LogP contribution is -2.35. The SMILES string of the molecule is CC(C)C(C(=O)N(C)C)n1nnc(-c2ccc(Br)cc2)n1. The number of tetrazole rings is 1. The van der Waals surface area contributed by atoms with Gasteiger partial charge in [0.15, 0.2) is 6.04 Å². The van der Waals surface area contributed by atoms with Crippen LogP contribution >= 0.6 is 15.9 Å². The maximum Gasteiger partial charge on any atom is 0.249 e. The molecule has 0 saturated carbocycles. The Kier molecular flexibility index (Phi) is 4.72. The molecule has 6 nitrogen and oxygen atoms in total. The zero-order valence-electron chi connectivity index (χ0n) is 12.5. The van der Waals surface area contributed by atoms with Gasteiger partial charge in [-0.2, -0.15) is 4.80 Å². The van der Waals surface area contributed by atoms with Crippen LogP contribution in [0.5, 0.6) is 0 Å². The first-order valence-electron chi connectivity index (χ1n) is 6.66. The van der Waals surface area contributed by atoms with E-state index >= 15 is 0 Å². The second-order valence-electron chi connectivity index (χ2n) is 5.36. The summed E-state index contributed by atoms with van der Waals surface area (Å²) in [5.74, 6) is 0.552. The van der Waals surface area contributed by atoms with E-state index in [0.717, 1.165) is 10.0 Å². The highest BCUT2D eigenvalue weighted by Gasteiger charge is 2.28. The average Bonchev–Trinajstić information content (AvgIpc) is 2.88. The number of carbonyl (C=O) groups is 1. The maximum absolute atomic E-state index is 12.3. The summed E-state index contributed by atoms with van der Waals surface area (Å²) in [6.07, 6.45) is 0. The molecule has 2 aromatic rings. The molecule has 1 amide bonds. The van der Waals surface area contributed by atoms with Crippen LogP contribution in [0.1, 0.15) is 19.9 Å². The lowest BCUT2D eigenvalue weighted by atomic mass is 10.0. The smallest absolute Gasteiger partial charge is 0.249 e. The molecule has 0 bridgehead atoms. The van der Waals surface area contributed by atoms with Gasteiger partial charge in [0, 0.05) is 24.1 Å². The monoisotopic (exact) mass is 351 g/mol. The Balaban J connectivity index is 2.32. The summed E-state index contributed by atoms with van der Waals surface area (Å²) in [6.45, 7) is 3.93. The number of likely N-dealkylation sites (N-methyl/N-ethyl adjacent to an activating group) is 1. The van der Waals surface area contributed by atoms with E-state index in [1.54, 1.807) is 19.0 Å². The highest BCUT2D eigenvalue weighted by molar-refractivity contribution is 9.10. The Bertz CT molecular complexity index is 621. The highest BCUT2D eigenvalue weighted by atomic mass is 79.9. The predicted octanol–water partition coefficient (Wildman–Crippen LogP) is 2.39. The molecule has 7 heteroatoms. The molecule has 1 aromatic carbocycles. The van der Waals surface area contributed by atoms with Gasteiger partial charge in [0.25, 0.3) is 0 Å². The van der Waals surface area contributed by atoms with E-state index in [1.807, 2.05) is 38.1 Å². The second kappa shape index (κ2) is 6.34. The van der Waals surface area contributed by atoms with Gasteiger partial charge in [-0.15, -0.1) is 10.2 Å². The maximum atomic E-state index is 12.3. The van der Waals surface area contributed by atoms with Crippen molar-refractivity contribution in [2.75, 3.05) is 14.1 Å². The number of hydrogen-bond donors (Lipinski definition) is 0. The molecule has 0 radical (unpaired) electrons. The minimum absolute atomic E-state index is 0.0373. The molecule has 0 aliphatic carbocycles. The molecule has 0 aliphatic rings. The Morgan fingerprint density at radius 2 is 1.86 bits per heavy atom. The van der Waals surface area contributed by atoms with Gasteiger partial charge in [-0.25, -0.2) is 0 Å². The van der Waals surface area contributed by atoms with Gasteiger partial charge in [-0.3, -0.25) is 4.79 Å². The van der Waals surface area contributed by atoms with E-state index in [0.29, 0.717) is 5.82 Å². The van der Waals surface area contributed by atoms with Crippen molar-refractivity contribution in [3.8, 4) is 11.4 Å². The largest absolute Gasteiger partial charge is 0.347 e. The number of benzene rings is 1. The Morgan fingerprint density at radius 3 is 2.38 bits per heavy atom. The summed E-state index contributed by atoms with van der Waals surface area (Å²) in [5.41, 5.74) is 0.865. The van der Waals surface area contributed by atoms with Gasteiger partial charge in [0.2, 0.25) is 11.7 Å². The summed E-state index contributed by atoms with van der Waals surface area (Å²) >= 11 is 3.39. The lowest BCUT2D eigenvalue weighted by molar-refractivity contribution is -0.134. The van der Waals surface area contributed by atoms with Gasteiger partial charge in [0.1, 0.15) is 0 Å². The molecule has 1 atom stereocenters. The van der Waals surface area contributed by atoms with Crippen molar-refractivity contribution in [3.05, 3.63) is 28.7 Å². The second-order valence-corrected chi connectivity index (χ2v) is 6.28. The Hall–Kier alpha value is -1.76. The zero-order valence-corrected chi connectivity index (χ0v) is 14.1. The van der Waals surface area contributed by atoms with Crippen LogP contribution < -0.4 is 0 Å². The number of nitrogens with zero attached hydrogens (tertiary/aromatic N) is 5. The molecular weight excluding hydrogens is 334 g/mol. The van der Waals surface area contributed by atoms with Gasteiger partial charge in [0.05, 0.1) is 0 Å². The van der Waals surface area contributed by atoms with Crippen LogP contribution in [0.2, 0.25) is 0 Å². The minimum atomic E-state index is -0.448. The summed E-state index contributed by atoms with van der Waals surface area (Å²) in [5, 5.41) is 12.5. The van der Waals surface area contributed by atoms with Crippen molar-refractivity contribution in [2.45, 2.75) is 19.9 Å².